The lowest BCUT2D eigenvalue weighted by Gasteiger charge is -2.48. The number of carbonyl (C=O) groups excluding carboxylic acids is 1. The number of nitrogens with zero attached hydrogens (tertiary/aromatic N) is 2. The maximum Gasteiger partial charge on any atom is 0.253 e. The zero-order chi connectivity index (χ0) is 24.8. The molecule has 2 aliphatic rings. The summed E-state index contributed by atoms with van der Waals surface area (Å²) in [5.41, 5.74) is 4.62. The number of rotatable bonds is 9. The molecule has 2 aromatic rings. The van der Waals surface area contributed by atoms with Crippen molar-refractivity contribution in [2.45, 2.75) is 51.6 Å². The summed E-state index contributed by atoms with van der Waals surface area (Å²) in [6, 6.07) is 12.4. The highest BCUT2D eigenvalue weighted by Gasteiger charge is 2.37. The van der Waals surface area contributed by atoms with Gasteiger partial charge >= 0.3 is 0 Å². The van der Waals surface area contributed by atoms with E-state index in [-0.39, 0.29) is 12.5 Å². The Hall–Kier alpha value is -2.12. The van der Waals surface area contributed by atoms with Crippen molar-refractivity contribution >= 4 is 17.5 Å². The van der Waals surface area contributed by atoms with Crippen molar-refractivity contribution in [3.63, 3.8) is 0 Å². The molecule has 0 spiro atoms. The number of hydrogen-bond donors (Lipinski definition) is 2. The fourth-order valence-corrected chi connectivity index (χ4v) is 5.59. The molecule has 1 amide bonds. The number of ether oxygens (including phenoxy) is 1. The third-order valence-electron chi connectivity index (χ3n) is 7.50. The number of halogens is 1. The van der Waals surface area contributed by atoms with Gasteiger partial charge in [-0.25, -0.2) is 0 Å². The minimum absolute atomic E-state index is 0.100. The maximum atomic E-state index is 13.1. The minimum atomic E-state index is 0.100. The highest BCUT2D eigenvalue weighted by Crippen LogP contribution is 2.39. The van der Waals surface area contributed by atoms with Gasteiger partial charge in [0.2, 0.25) is 0 Å². The predicted octanol–water partition coefficient (Wildman–Crippen LogP) is 4.36. The van der Waals surface area contributed by atoms with Crippen molar-refractivity contribution in [2.24, 2.45) is 0 Å². The van der Waals surface area contributed by atoms with Crippen LogP contribution in [0.4, 0.5) is 0 Å². The van der Waals surface area contributed by atoms with Crippen LogP contribution in [0.25, 0.3) is 0 Å². The van der Waals surface area contributed by atoms with Crippen LogP contribution in [-0.4, -0.2) is 72.8 Å². The van der Waals surface area contributed by atoms with Gasteiger partial charge in [-0.05, 0) is 93.1 Å². The van der Waals surface area contributed by atoms with Gasteiger partial charge in [0.15, 0.2) is 0 Å². The van der Waals surface area contributed by atoms with E-state index >= 15 is 0 Å². The van der Waals surface area contributed by atoms with Gasteiger partial charge in [-0.2, -0.15) is 0 Å². The van der Waals surface area contributed by atoms with Crippen LogP contribution in [0.2, 0.25) is 5.02 Å². The Bertz CT molecular complexity index is 998. The lowest BCUT2D eigenvalue weighted by Crippen LogP contribution is -2.57. The number of amides is 1. The second-order valence-corrected chi connectivity index (χ2v) is 10.1. The van der Waals surface area contributed by atoms with Crippen LogP contribution in [0, 0.1) is 13.8 Å². The van der Waals surface area contributed by atoms with E-state index in [4.69, 9.17) is 21.4 Å². The molecule has 0 aromatic heterocycles. The van der Waals surface area contributed by atoms with Crippen molar-refractivity contribution < 1.29 is 14.6 Å². The summed E-state index contributed by atoms with van der Waals surface area (Å²) in [4.78, 5) is 17.7. The fourth-order valence-electron chi connectivity index (χ4n) is 5.46. The SMILES string of the molecule is Cc1c(OCCCNCCO)ccc([C@H]2CCC[C@H]3CN(C(=O)c4ccc(Cl)cc4)CCN32)c1C. The van der Waals surface area contributed by atoms with Crippen LogP contribution < -0.4 is 10.1 Å². The normalized spacial score (nSPS) is 20.5. The topological polar surface area (TPSA) is 65.0 Å². The third-order valence-corrected chi connectivity index (χ3v) is 7.76. The Labute approximate surface area is 214 Å². The Kier molecular flexibility index (Phi) is 9.06. The smallest absolute Gasteiger partial charge is 0.253 e. The van der Waals surface area contributed by atoms with Crippen molar-refractivity contribution in [3.8, 4) is 5.75 Å². The third kappa shape index (κ3) is 6.18. The van der Waals surface area contributed by atoms with Crippen molar-refractivity contribution in [2.75, 3.05) is 45.9 Å². The molecule has 2 N–H and O–H groups in total. The summed E-state index contributed by atoms with van der Waals surface area (Å²) in [5, 5.41) is 12.7. The molecule has 0 radical (unpaired) electrons. The van der Waals surface area contributed by atoms with Crippen molar-refractivity contribution in [3.05, 3.63) is 63.7 Å². The summed E-state index contributed by atoms with van der Waals surface area (Å²) in [6.45, 7) is 9.08. The van der Waals surface area contributed by atoms with Gasteiger partial charge < -0.3 is 20.1 Å². The first kappa shape index (κ1) is 26.0. The molecule has 2 aliphatic heterocycles. The van der Waals surface area contributed by atoms with Crippen LogP contribution in [0.15, 0.2) is 36.4 Å². The fraction of sp³-hybridized carbons (Fsp3) is 0.536. The first-order chi connectivity index (χ1) is 17.0. The molecule has 0 bridgehead atoms. The number of aliphatic hydroxyl groups excluding tert-OH is 1. The van der Waals surface area contributed by atoms with E-state index in [1.807, 2.05) is 17.0 Å². The highest BCUT2D eigenvalue weighted by molar-refractivity contribution is 6.30. The van der Waals surface area contributed by atoms with Crippen LogP contribution in [0.5, 0.6) is 5.75 Å². The molecule has 2 aromatic carbocycles. The van der Waals surface area contributed by atoms with Crippen LogP contribution in [0.3, 0.4) is 0 Å². The molecule has 6 nitrogen and oxygen atoms in total. The molecule has 2 fully saturated rings. The summed E-state index contributed by atoms with van der Waals surface area (Å²) < 4.78 is 6.07. The summed E-state index contributed by atoms with van der Waals surface area (Å²) in [7, 11) is 0. The van der Waals surface area contributed by atoms with Gasteiger partial charge in [-0.1, -0.05) is 17.7 Å². The summed E-state index contributed by atoms with van der Waals surface area (Å²) in [5.74, 6) is 1.06. The van der Waals surface area contributed by atoms with E-state index in [0.717, 1.165) is 51.2 Å². The standard InChI is InChI=1S/C28H38ClN3O3/c1-20-21(2)27(35-18-4-13-30-14-17-33)12-11-25(20)26-6-3-5-24-19-31(15-16-32(24)26)28(34)22-7-9-23(29)10-8-22/h7-12,24,26,30,33H,3-6,13-19H2,1-2H3/t24-,26+/m0/s1. The molecule has 2 heterocycles. The van der Waals surface area contributed by atoms with Crippen LogP contribution in [-0.2, 0) is 0 Å². The number of hydrogen-bond acceptors (Lipinski definition) is 5. The first-order valence-electron chi connectivity index (χ1n) is 12.8. The Balaban J connectivity index is 1.39. The molecule has 4 rings (SSSR count). The zero-order valence-electron chi connectivity index (χ0n) is 20.9. The average Bonchev–Trinajstić information content (AvgIpc) is 2.88. The lowest BCUT2D eigenvalue weighted by molar-refractivity contribution is 0.0101. The molecule has 0 saturated carbocycles. The average molecular weight is 500 g/mol. The largest absolute Gasteiger partial charge is 0.493 e. The van der Waals surface area contributed by atoms with E-state index in [1.54, 1.807) is 12.1 Å². The molecule has 7 heteroatoms. The van der Waals surface area contributed by atoms with E-state index in [2.05, 4.69) is 36.2 Å². The second kappa shape index (κ2) is 12.2. The van der Waals surface area contributed by atoms with E-state index in [1.165, 1.54) is 23.1 Å². The van der Waals surface area contributed by atoms with Gasteiger partial charge in [0, 0.05) is 48.8 Å². The predicted molar refractivity (Wildman–Crippen MR) is 140 cm³/mol. The monoisotopic (exact) mass is 499 g/mol. The minimum Gasteiger partial charge on any atom is -0.493 e. The van der Waals surface area contributed by atoms with Gasteiger partial charge in [0.05, 0.1) is 13.2 Å². The number of carbonyl (C=O) groups is 1. The van der Waals surface area contributed by atoms with Crippen molar-refractivity contribution in [1.82, 2.24) is 15.1 Å². The quantitative estimate of drug-likeness (QED) is 0.502. The summed E-state index contributed by atoms with van der Waals surface area (Å²) in [6.07, 6.45) is 4.36. The van der Waals surface area contributed by atoms with Gasteiger partial charge in [-0.3, -0.25) is 9.69 Å². The Morgan fingerprint density at radius 1 is 1.09 bits per heavy atom. The first-order valence-corrected chi connectivity index (χ1v) is 13.2. The number of aliphatic hydroxyl groups is 1. The second-order valence-electron chi connectivity index (χ2n) is 9.67. The molecular weight excluding hydrogens is 462 g/mol. The maximum absolute atomic E-state index is 13.1. The summed E-state index contributed by atoms with van der Waals surface area (Å²) >= 11 is 6.00. The number of nitrogens with one attached hydrogen (secondary N) is 1. The number of piperazine rings is 1. The lowest BCUT2D eigenvalue weighted by atomic mass is 9.86. The van der Waals surface area contributed by atoms with E-state index in [0.29, 0.717) is 35.8 Å². The van der Waals surface area contributed by atoms with E-state index in [9.17, 15) is 4.79 Å². The molecule has 190 valence electrons. The number of fused-ring (bicyclic) bond motifs is 1. The van der Waals surface area contributed by atoms with Crippen LogP contribution in [0.1, 0.15) is 58.8 Å². The highest BCUT2D eigenvalue weighted by atomic mass is 35.5. The van der Waals surface area contributed by atoms with E-state index < -0.39 is 0 Å². The van der Waals surface area contributed by atoms with Gasteiger partial charge in [-0.15, -0.1) is 0 Å². The number of benzene rings is 2. The molecule has 35 heavy (non-hydrogen) atoms. The molecule has 0 aliphatic carbocycles. The zero-order valence-corrected chi connectivity index (χ0v) is 21.7. The molecular formula is C28H38ClN3O3. The molecule has 0 unspecified atom stereocenters. The Morgan fingerprint density at radius 3 is 2.66 bits per heavy atom. The number of piperidine rings is 1. The van der Waals surface area contributed by atoms with Gasteiger partial charge in [0.25, 0.3) is 5.91 Å². The molecule has 2 saturated heterocycles. The molecule has 2 atom stereocenters. The Morgan fingerprint density at radius 2 is 1.89 bits per heavy atom. The van der Waals surface area contributed by atoms with Crippen molar-refractivity contribution in [1.29, 1.82) is 0 Å². The van der Waals surface area contributed by atoms with Gasteiger partial charge in [0.1, 0.15) is 5.75 Å². The van der Waals surface area contributed by atoms with Crippen LogP contribution >= 0.6 is 11.6 Å².